The van der Waals surface area contributed by atoms with E-state index in [1.165, 1.54) is 75.8 Å². The summed E-state index contributed by atoms with van der Waals surface area (Å²) in [7, 11) is 3.65. The molecule has 9 rings (SSSR count). The van der Waals surface area contributed by atoms with E-state index < -0.39 is 6.29 Å². The van der Waals surface area contributed by atoms with Crippen molar-refractivity contribution in [2.75, 3.05) is 0 Å². The summed E-state index contributed by atoms with van der Waals surface area (Å²) in [5.41, 5.74) is 4.99. The van der Waals surface area contributed by atoms with Crippen molar-refractivity contribution in [1.82, 2.24) is 0 Å². The van der Waals surface area contributed by atoms with Crippen molar-refractivity contribution >= 4 is 68.8 Å². The summed E-state index contributed by atoms with van der Waals surface area (Å²) >= 11 is 0. The topological polar surface area (TPSA) is 0 Å². The molecule has 0 aliphatic carbocycles. The Kier molecular flexibility index (Phi) is 7.48. The second kappa shape index (κ2) is 12.2. The molecule has 0 aliphatic rings. The first-order chi connectivity index (χ1) is 24.7. The van der Waals surface area contributed by atoms with E-state index in [1.54, 1.807) is 0 Å². The predicted molar refractivity (Wildman–Crippen MR) is 224 cm³/mol. The summed E-state index contributed by atoms with van der Waals surface area (Å²) < 4.78 is 0. The van der Waals surface area contributed by atoms with E-state index in [1.807, 2.05) is 0 Å². The van der Waals surface area contributed by atoms with E-state index in [9.17, 15) is 0 Å². The monoisotopic (exact) mass is 674 g/mol. The molecule has 0 fully saturated rings. The Morgan fingerprint density at radius 2 is 0.660 bits per heavy atom. The van der Waals surface area contributed by atoms with Crippen LogP contribution in [0.25, 0.3) is 54.6 Å². The first kappa shape index (κ1) is 30.7. The average molecular weight is 675 g/mol. The first-order valence-electron chi connectivity index (χ1n) is 17.2. The summed E-state index contributed by atoms with van der Waals surface area (Å²) in [6.07, 6.45) is -3.64. The van der Waals surface area contributed by atoms with Crippen molar-refractivity contribution in [2.24, 2.45) is 0 Å². The molecule has 0 N–H and O–H groups in total. The molecule has 0 aliphatic heterocycles. The molecule has 2 heteroatoms. The van der Waals surface area contributed by atoms with Crippen LogP contribution < -0.4 is 21.2 Å². The van der Waals surface area contributed by atoms with E-state index in [2.05, 4.69) is 215 Å². The number of hydrogen-bond donors (Lipinski definition) is 0. The molecule has 0 spiro atoms. The molecular weight excluding hydrogens is 638 g/mol. The summed E-state index contributed by atoms with van der Waals surface area (Å²) in [5.74, 6) is 0. The van der Waals surface area contributed by atoms with Gasteiger partial charge in [-0.3, -0.25) is 0 Å². The van der Waals surface area contributed by atoms with Crippen LogP contribution in [0.2, 0.25) is 0 Å². The minimum absolute atomic E-state index is 1.23. The van der Waals surface area contributed by atoms with Gasteiger partial charge in [0.2, 0.25) is 0 Å². The maximum absolute atomic E-state index is 3.65. The average Bonchev–Trinajstić information content (AvgIpc) is 3.20. The van der Waals surface area contributed by atoms with Crippen LogP contribution in [0.4, 0.5) is 0 Å². The number of benzene rings is 9. The number of rotatable bonds is 6. The van der Waals surface area contributed by atoms with Gasteiger partial charge in [-0.2, -0.15) is 0 Å². The second-order valence-corrected chi connectivity index (χ2v) is 20.6. The van der Waals surface area contributed by atoms with Crippen LogP contribution in [0.1, 0.15) is 0 Å². The van der Waals surface area contributed by atoms with Crippen molar-refractivity contribution in [3.63, 3.8) is 0 Å². The maximum atomic E-state index is 3.65. The Hall–Kier alpha value is -5.38. The fraction of sp³-hybridized carbons (Fsp3) is 0. The Morgan fingerprint density at radius 1 is 0.280 bits per heavy atom. The summed E-state index contributed by atoms with van der Waals surface area (Å²) in [4.78, 5) is 0. The molecule has 50 heavy (non-hydrogen) atoms. The third-order valence-electron chi connectivity index (χ3n) is 10.5. The standard InChI is InChI=1S/C48H36P2/c49-50(38-23-3-1-4-24-38,39-25-5-2-6-26-39,46-33-15-22-37-19-9-12-29-42(37)46)47-34-16-32-45(43-30-13-20-35-17-7-10-27-40(35)43)48(47)44-31-14-21-36-18-8-11-28-41(36)44/h1-34H,49H2. The van der Waals surface area contributed by atoms with Gasteiger partial charge in [0.1, 0.15) is 0 Å². The fourth-order valence-electron chi connectivity index (χ4n) is 8.26. The molecule has 0 radical (unpaired) electrons. The number of fused-ring (bicyclic) bond motifs is 3. The third kappa shape index (κ3) is 4.53. The minimum atomic E-state index is -3.64. The van der Waals surface area contributed by atoms with Crippen LogP contribution >= 0.6 is 15.2 Å². The van der Waals surface area contributed by atoms with Gasteiger partial charge < -0.3 is 0 Å². The van der Waals surface area contributed by atoms with E-state index in [0.717, 1.165) is 0 Å². The van der Waals surface area contributed by atoms with E-state index in [0.29, 0.717) is 0 Å². The van der Waals surface area contributed by atoms with Crippen LogP contribution in [-0.2, 0) is 0 Å². The van der Waals surface area contributed by atoms with Crippen molar-refractivity contribution in [2.45, 2.75) is 0 Å². The first-order valence-corrected chi connectivity index (χ1v) is 21.0. The van der Waals surface area contributed by atoms with Crippen molar-refractivity contribution < 1.29 is 0 Å². The van der Waals surface area contributed by atoms with Crippen molar-refractivity contribution in [1.29, 1.82) is 0 Å². The van der Waals surface area contributed by atoms with Gasteiger partial charge in [-0.25, -0.2) is 0 Å². The van der Waals surface area contributed by atoms with Gasteiger partial charge in [0.15, 0.2) is 0 Å². The summed E-state index contributed by atoms with van der Waals surface area (Å²) in [6, 6.07) is 76.6. The van der Waals surface area contributed by atoms with Crippen LogP contribution in [0, 0.1) is 0 Å². The number of hydrogen-bond acceptors (Lipinski definition) is 0. The molecule has 1 atom stereocenters. The van der Waals surface area contributed by atoms with Crippen LogP contribution in [0.5, 0.6) is 0 Å². The third-order valence-corrected chi connectivity index (χ3v) is 19.5. The van der Waals surface area contributed by atoms with E-state index in [-0.39, 0.29) is 0 Å². The van der Waals surface area contributed by atoms with Gasteiger partial charge in [-0.1, -0.05) is 0 Å². The normalized spacial score (nSPS) is 12.5. The van der Waals surface area contributed by atoms with Gasteiger partial charge in [0.25, 0.3) is 0 Å². The Labute approximate surface area is 296 Å². The molecule has 0 heterocycles. The predicted octanol–water partition coefficient (Wildman–Crippen LogP) is 11.4. The van der Waals surface area contributed by atoms with Crippen LogP contribution in [0.15, 0.2) is 206 Å². The molecule has 0 saturated carbocycles. The van der Waals surface area contributed by atoms with Gasteiger partial charge >= 0.3 is 297 Å². The zero-order valence-corrected chi connectivity index (χ0v) is 29.7. The molecular formula is C48H36P2. The Morgan fingerprint density at radius 3 is 1.26 bits per heavy atom. The van der Waals surface area contributed by atoms with Gasteiger partial charge in [-0.05, 0) is 0 Å². The molecule has 0 aromatic heterocycles. The fourth-order valence-corrected chi connectivity index (χ4v) is 16.1. The summed E-state index contributed by atoms with van der Waals surface area (Å²) in [5, 5.41) is 12.8. The van der Waals surface area contributed by atoms with Gasteiger partial charge in [0, 0.05) is 0 Å². The van der Waals surface area contributed by atoms with Crippen molar-refractivity contribution in [3.8, 4) is 22.3 Å². The zero-order valence-electron chi connectivity index (χ0n) is 27.7. The molecule has 0 amide bonds. The quantitative estimate of drug-likeness (QED) is 0.154. The molecule has 9 aromatic rings. The van der Waals surface area contributed by atoms with E-state index in [4.69, 9.17) is 0 Å². The Balaban J connectivity index is 1.57. The van der Waals surface area contributed by atoms with Gasteiger partial charge in [0.05, 0.1) is 0 Å². The van der Waals surface area contributed by atoms with E-state index >= 15 is 0 Å². The Bertz CT molecular complexity index is 2620. The SMILES string of the molecule is PP(c1ccccc1)(c1ccccc1)(c1cccc(-c2cccc3ccccc23)c1-c1cccc2ccccc12)c1cccc2ccccc12. The molecule has 0 nitrogen and oxygen atoms in total. The zero-order chi connectivity index (χ0) is 33.6. The van der Waals surface area contributed by atoms with Crippen molar-refractivity contribution in [3.05, 3.63) is 206 Å². The second-order valence-electron chi connectivity index (χ2n) is 13.1. The summed E-state index contributed by atoms with van der Waals surface area (Å²) in [6.45, 7) is 0. The molecule has 0 bridgehead atoms. The van der Waals surface area contributed by atoms with Gasteiger partial charge in [-0.15, -0.1) is 0 Å². The molecule has 1 unspecified atom stereocenters. The van der Waals surface area contributed by atoms with Crippen LogP contribution in [0.3, 0.4) is 0 Å². The molecule has 0 saturated heterocycles. The molecule has 238 valence electrons. The van der Waals surface area contributed by atoms with Crippen LogP contribution in [-0.4, -0.2) is 0 Å². The molecule has 9 aromatic carbocycles.